The maximum Gasteiger partial charge on any atom is 0.263 e. The molecular formula is C21H22ClN3O4S2. The van der Waals surface area contributed by atoms with E-state index in [1.807, 2.05) is 36.4 Å². The smallest absolute Gasteiger partial charge is 0.263 e. The Labute approximate surface area is 190 Å². The van der Waals surface area contributed by atoms with Crippen LogP contribution >= 0.6 is 22.9 Å². The van der Waals surface area contributed by atoms with Crippen molar-refractivity contribution in [2.75, 3.05) is 26.2 Å². The summed E-state index contributed by atoms with van der Waals surface area (Å²) < 4.78 is 32.6. The quantitative estimate of drug-likeness (QED) is 0.559. The monoisotopic (exact) mass is 479 g/mol. The Morgan fingerprint density at radius 1 is 1.06 bits per heavy atom. The molecule has 0 unspecified atom stereocenters. The molecule has 0 N–H and O–H groups in total. The van der Waals surface area contributed by atoms with Crippen LogP contribution in [0.3, 0.4) is 0 Å². The standard InChI is InChI=1S/C21H22ClN3O4S2/c1-14-20(15(2)29-23-14)31(27,28)25-11-3-10-24(12-13-25)21(26)19-9-8-18(30-19)16-4-6-17(22)7-5-16/h4-9H,3,10-13H2,1-2H3. The lowest BCUT2D eigenvalue weighted by Gasteiger charge is -2.21. The summed E-state index contributed by atoms with van der Waals surface area (Å²) in [5.74, 6) is 0.199. The molecule has 2 aromatic heterocycles. The van der Waals surface area contributed by atoms with E-state index in [0.717, 1.165) is 10.4 Å². The highest BCUT2D eigenvalue weighted by Gasteiger charge is 2.33. The van der Waals surface area contributed by atoms with Crippen LogP contribution in [0.15, 0.2) is 45.8 Å². The molecule has 0 saturated carbocycles. The van der Waals surface area contributed by atoms with Crippen LogP contribution in [0.4, 0.5) is 0 Å². The van der Waals surface area contributed by atoms with Gasteiger partial charge in [-0.25, -0.2) is 8.42 Å². The minimum atomic E-state index is -3.72. The fraction of sp³-hybridized carbons (Fsp3) is 0.333. The summed E-state index contributed by atoms with van der Waals surface area (Å²) in [6.07, 6.45) is 0.559. The molecule has 0 bridgehead atoms. The average Bonchev–Trinajstić information content (AvgIpc) is 3.26. The molecule has 1 aliphatic heterocycles. The summed E-state index contributed by atoms with van der Waals surface area (Å²) in [5.41, 5.74) is 1.35. The highest BCUT2D eigenvalue weighted by atomic mass is 35.5. The first-order valence-corrected chi connectivity index (χ1v) is 12.5. The molecule has 31 heavy (non-hydrogen) atoms. The Kier molecular flexibility index (Phi) is 6.20. The van der Waals surface area contributed by atoms with Gasteiger partial charge in [0, 0.05) is 36.1 Å². The van der Waals surface area contributed by atoms with Crippen LogP contribution in [0.1, 0.15) is 27.5 Å². The van der Waals surface area contributed by atoms with E-state index in [1.54, 1.807) is 18.7 Å². The number of aromatic nitrogens is 1. The number of halogens is 1. The van der Waals surface area contributed by atoms with Gasteiger partial charge in [-0.3, -0.25) is 4.79 Å². The molecule has 0 atom stereocenters. The molecule has 0 radical (unpaired) electrons. The van der Waals surface area contributed by atoms with Gasteiger partial charge in [-0.1, -0.05) is 28.9 Å². The zero-order valence-electron chi connectivity index (χ0n) is 17.2. The van der Waals surface area contributed by atoms with E-state index in [-0.39, 0.29) is 23.1 Å². The van der Waals surface area contributed by atoms with E-state index in [2.05, 4.69) is 5.16 Å². The van der Waals surface area contributed by atoms with Gasteiger partial charge in [0.05, 0.1) is 4.88 Å². The lowest BCUT2D eigenvalue weighted by molar-refractivity contribution is 0.0769. The van der Waals surface area contributed by atoms with E-state index in [9.17, 15) is 13.2 Å². The van der Waals surface area contributed by atoms with Gasteiger partial charge in [-0.15, -0.1) is 11.3 Å². The van der Waals surface area contributed by atoms with Gasteiger partial charge in [-0.2, -0.15) is 4.31 Å². The Morgan fingerprint density at radius 3 is 2.48 bits per heavy atom. The topological polar surface area (TPSA) is 83.7 Å². The normalized spacial score (nSPS) is 15.8. The fourth-order valence-electron chi connectivity index (χ4n) is 3.69. The van der Waals surface area contributed by atoms with E-state index < -0.39 is 10.0 Å². The maximum absolute atomic E-state index is 13.1. The molecule has 3 aromatic rings. The first-order chi connectivity index (χ1) is 14.8. The molecule has 1 amide bonds. The third-order valence-electron chi connectivity index (χ3n) is 5.25. The number of sulfonamides is 1. The minimum absolute atomic E-state index is 0.0817. The Hall–Kier alpha value is -2.20. The number of rotatable bonds is 4. The summed E-state index contributed by atoms with van der Waals surface area (Å²) >= 11 is 7.37. The van der Waals surface area contributed by atoms with Crippen molar-refractivity contribution in [3.63, 3.8) is 0 Å². The molecule has 10 heteroatoms. The van der Waals surface area contributed by atoms with Crippen molar-refractivity contribution in [1.82, 2.24) is 14.4 Å². The van der Waals surface area contributed by atoms with Crippen LogP contribution in [0, 0.1) is 13.8 Å². The van der Waals surface area contributed by atoms with Crippen LogP contribution in [-0.4, -0.2) is 54.9 Å². The molecule has 4 rings (SSSR count). The number of carbonyl (C=O) groups is 1. The predicted molar refractivity (Wildman–Crippen MR) is 120 cm³/mol. The third kappa shape index (κ3) is 4.41. The Balaban J connectivity index is 1.48. The molecule has 3 heterocycles. The molecule has 1 aromatic carbocycles. The third-order valence-corrected chi connectivity index (χ3v) is 8.77. The van der Waals surface area contributed by atoms with Crippen LogP contribution in [0.5, 0.6) is 0 Å². The number of hydrogen-bond donors (Lipinski definition) is 0. The van der Waals surface area contributed by atoms with Crippen LogP contribution in [-0.2, 0) is 10.0 Å². The summed E-state index contributed by atoms with van der Waals surface area (Å²) in [7, 11) is -3.72. The van der Waals surface area contributed by atoms with Crippen LogP contribution in [0.2, 0.25) is 5.02 Å². The lowest BCUT2D eigenvalue weighted by Crippen LogP contribution is -2.37. The highest BCUT2D eigenvalue weighted by molar-refractivity contribution is 7.89. The van der Waals surface area contributed by atoms with Crippen molar-refractivity contribution in [2.24, 2.45) is 0 Å². The summed E-state index contributed by atoms with van der Waals surface area (Å²) in [4.78, 5) is 16.5. The van der Waals surface area contributed by atoms with Crippen LogP contribution in [0.25, 0.3) is 10.4 Å². The van der Waals surface area contributed by atoms with Crippen molar-refractivity contribution in [1.29, 1.82) is 0 Å². The number of carbonyl (C=O) groups excluding carboxylic acids is 1. The van der Waals surface area contributed by atoms with Crippen molar-refractivity contribution in [2.45, 2.75) is 25.2 Å². The Bertz CT molecular complexity index is 1180. The number of thiophene rings is 1. The van der Waals surface area contributed by atoms with E-state index in [1.165, 1.54) is 15.6 Å². The first kappa shape index (κ1) is 22.0. The minimum Gasteiger partial charge on any atom is -0.360 e. The van der Waals surface area contributed by atoms with E-state index in [4.69, 9.17) is 16.1 Å². The number of nitrogens with zero attached hydrogens (tertiary/aromatic N) is 3. The molecule has 0 spiro atoms. The molecule has 1 fully saturated rings. The van der Waals surface area contributed by atoms with Crippen molar-refractivity contribution < 1.29 is 17.7 Å². The SMILES string of the molecule is Cc1noc(C)c1S(=O)(=O)N1CCCN(C(=O)c2ccc(-c3ccc(Cl)cc3)s2)CC1. The maximum atomic E-state index is 13.1. The number of amides is 1. The van der Waals surface area contributed by atoms with E-state index in [0.29, 0.717) is 41.6 Å². The second kappa shape index (κ2) is 8.74. The zero-order valence-corrected chi connectivity index (χ0v) is 19.6. The number of benzene rings is 1. The number of aryl methyl sites for hydroxylation is 2. The van der Waals surface area contributed by atoms with Crippen LogP contribution < -0.4 is 0 Å². The van der Waals surface area contributed by atoms with Gasteiger partial charge in [0.2, 0.25) is 10.0 Å². The van der Waals surface area contributed by atoms with Gasteiger partial charge in [0.15, 0.2) is 5.76 Å². The van der Waals surface area contributed by atoms with Gasteiger partial charge in [0.1, 0.15) is 10.6 Å². The summed E-state index contributed by atoms with van der Waals surface area (Å²) in [6, 6.07) is 11.2. The number of hydrogen-bond acceptors (Lipinski definition) is 6. The second-order valence-corrected chi connectivity index (χ2v) is 10.8. The second-order valence-electron chi connectivity index (χ2n) is 7.37. The fourth-order valence-corrected chi connectivity index (χ4v) is 6.55. The van der Waals surface area contributed by atoms with E-state index >= 15 is 0 Å². The average molecular weight is 480 g/mol. The molecular weight excluding hydrogens is 458 g/mol. The first-order valence-electron chi connectivity index (χ1n) is 9.85. The summed E-state index contributed by atoms with van der Waals surface area (Å²) in [5, 5.41) is 4.43. The Morgan fingerprint density at radius 2 is 1.81 bits per heavy atom. The van der Waals surface area contributed by atoms with Gasteiger partial charge in [-0.05, 0) is 50.1 Å². The predicted octanol–water partition coefficient (Wildman–Crippen LogP) is 4.21. The van der Waals surface area contributed by atoms with Gasteiger partial charge < -0.3 is 9.42 Å². The molecule has 0 aliphatic carbocycles. The molecule has 164 valence electrons. The van der Waals surface area contributed by atoms with Crippen molar-refractivity contribution in [3.05, 3.63) is 57.8 Å². The zero-order chi connectivity index (χ0) is 22.2. The molecule has 1 aliphatic rings. The van der Waals surface area contributed by atoms with Crippen molar-refractivity contribution in [3.8, 4) is 10.4 Å². The highest BCUT2D eigenvalue weighted by Crippen LogP contribution is 2.30. The van der Waals surface area contributed by atoms with Gasteiger partial charge >= 0.3 is 0 Å². The summed E-state index contributed by atoms with van der Waals surface area (Å²) in [6.45, 7) is 4.61. The largest absolute Gasteiger partial charge is 0.360 e. The molecule has 1 saturated heterocycles. The lowest BCUT2D eigenvalue weighted by atomic mass is 10.2. The molecule has 7 nitrogen and oxygen atoms in total. The van der Waals surface area contributed by atoms with Crippen molar-refractivity contribution >= 4 is 38.9 Å². The van der Waals surface area contributed by atoms with Gasteiger partial charge in [0.25, 0.3) is 5.91 Å².